The molecule has 126 valence electrons. The molecule has 0 radical (unpaired) electrons. The van der Waals surface area contributed by atoms with E-state index in [4.69, 9.17) is 16.3 Å². The van der Waals surface area contributed by atoms with E-state index >= 15 is 0 Å². The monoisotopic (exact) mass is 369 g/mol. The lowest BCUT2D eigenvalue weighted by Crippen LogP contribution is -2.27. The molecule has 0 unspecified atom stereocenters. The number of amides is 1. The van der Waals surface area contributed by atoms with Crippen LogP contribution in [0.5, 0.6) is 5.75 Å². The summed E-state index contributed by atoms with van der Waals surface area (Å²) >= 11 is 7.62. The smallest absolute Gasteiger partial charge is 0.238 e. The standard InChI is InChI=1S/C20H16ClNO2S/c1-24-18-9-4-13-10-15(3-2-14(13)11-18)20-22(19(23)12-25-20)17-7-5-16(21)6-8-17/h2-11,20H,12H2,1H3/t20-/m0/s1. The SMILES string of the molecule is COc1ccc2cc([C@@H]3SCC(=O)N3c3ccc(Cl)cc3)ccc2c1. The van der Waals surface area contributed by atoms with Crippen molar-refractivity contribution in [1.29, 1.82) is 0 Å². The first kappa shape index (κ1) is 16.3. The fourth-order valence-electron chi connectivity index (χ4n) is 3.07. The number of carbonyl (C=O) groups is 1. The van der Waals surface area contributed by atoms with E-state index in [1.165, 1.54) is 0 Å². The highest BCUT2D eigenvalue weighted by Gasteiger charge is 2.34. The van der Waals surface area contributed by atoms with Crippen molar-refractivity contribution in [1.82, 2.24) is 0 Å². The van der Waals surface area contributed by atoms with Crippen LogP contribution >= 0.6 is 23.4 Å². The summed E-state index contributed by atoms with van der Waals surface area (Å²) in [6.45, 7) is 0. The van der Waals surface area contributed by atoms with E-state index in [9.17, 15) is 4.79 Å². The van der Waals surface area contributed by atoms with Crippen molar-refractivity contribution in [2.24, 2.45) is 0 Å². The Morgan fingerprint density at radius 1 is 1.04 bits per heavy atom. The average molecular weight is 370 g/mol. The molecule has 3 aromatic rings. The molecule has 0 N–H and O–H groups in total. The largest absolute Gasteiger partial charge is 0.497 e. The lowest BCUT2D eigenvalue weighted by molar-refractivity contribution is -0.115. The van der Waals surface area contributed by atoms with Gasteiger partial charge in [-0.2, -0.15) is 0 Å². The van der Waals surface area contributed by atoms with E-state index < -0.39 is 0 Å². The number of hydrogen-bond acceptors (Lipinski definition) is 3. The third kappa shape index (κ3) is 3.08. The number of methoxy groups -OCH3 is 1. The lowest BCUT2D eigenvalue weighted by Gasteiger charge is -2.24. The quantitative estimate of drug-likeness (QED) is 0.629. The highest BCUT2D eigenvalue weighted by atomic mass is 35.5. The van der Waals surface area contributed by atoms with E-state index in [1.807, 2.05) is 47.4 Å². The minimum Gasteiger partial charge on any atom is -0.497 e. The van der Waals surface area contributed by atoms with E-state index in [1.54, 1.807) is 18.9 Å². The van der Waals surface area contributed by atoms with Crippen LogP contribution in [0.25, 0.3) is 10.8 Å². The number of halogens is 1. The van der Waals surface area contributed by atoms with E-state index in [0.717, 1.165) is 27.8 Å². The molecule has 1 amide bonds. The Hall–Kier alpha value is -2.17. The van der Waals surface area contributed by atoms with Crippen molar-refractivity contribution in [2.45, 2.75) is 5.37 Å². The highest BCUT2D eigenvalue weighted by molar-refractivity contribution is 8.00. The molecule has 1 aliphatic rings. The van der Waals surface area contributed by atoms with Crippen LogP contribution < -0.4 is 9.64 Å². The topological polar surface area (TPSA) is 29.5 Å². The molecule has 1 aliphatic heterocycles. The van der Waals surface area contributed by atoms with Crippen LogP contribution in [0, 0.1) is 0 Å². The molecule has 0 aromatic heterocycles. The molecular formula is C20H16ClNO2S. The van der Waals surface area contributed by atoms with Gasteiger partial charge >= 0.3 is 0 Å². The van der Waals surface area contributed by atoms with E-state index in [-0.39, 0.29) is 11.3 Å². The van der Waals surface area contributed by atoms with Gasteiger partial charge in [0.25, 0.3) is 0 Å². The number of anilines is 1. The van der Waals surface area contributed by atoms with Gasteiger partial charge in [-0.05, 0) is 58.8 Å². The molecule has 3 nitrogen and oxygen atoms in total. The molecule has 1 saturated heterocycles. The predicted molar refractivity (Wildman–Crippen MR) is 105 cm³/mol. The van der Waals surface area contributed by atoms with Crippen LogP contribution in [0.4, 0.5) is 5.69 Å². The van der Waals surface area contributed by atoms with Gasteiger partial charge in [0.05, 0.1) is 12.9 Å². The molecule has 0 saturated carbocycles. The first-order valence-electron chi connectivity index (χ1n) is 7.92. The molecule has 4 rings (SSSR count). The van der Waals surface area contributed by atoms with Crippen LogP contribution in [0.1, 0.15) is 10.9 Å². The highest BCUT2D eigenvalue weighted by Crippen LogP contribution is 2.42. The minimum atomic E-state index is -0.0276. The second kappa shape index (κ2) is 6.62. The van der Waals surface area contributed by atoms with Gasteiger partial charge in [0.15, 0.2) is 0 Å². The van der Waals surface area contributed by atoms with Gasteiger partial charge in [-0.25, -0.2) is 0 Å². The summed E-state index contributed by atoms with van der Waals surface area (Å²) in [5.74, 6) is 1.44. The Labute approximate surface area is 155 Å². The third-order valence-electron chi connectivity index (χ3n) is 4.33. The Morgan fingerprint density at radius 3 is 2.52 bits per heavy atom. The second-order valence-corrected chi connectivity index (χ2v) is 7.38. The number of fused-ring (bicyclic) bond motifs is 1. The predicted octanol–water partition coefficient (Wildman–Crippen LogP) is 5.28. The zero-order chi connectivity index (χ0) is 17.4. The molecule has 5 heteroatoms. The minimum absolute atomic E-state index is 0.0276. The summed E-state index contributed by atoms with van der Waals surface area (Å²) in [5.41, 5.74) is 1.99. The lowest BCUT2D eigenvalue weighted by atomic mass is 10.1. The summed E-state index contributed by atoms with van der Waals surface area (Å²) in [6, 6.07) is 19.8. The van der Waals surface area contributed by atoms with Gasteiger partial charge in [0.1, 0.15) is 11.1 Å². The fraction of sp³-hybridized carbons (Fsp3) is 0.150. The molecule has 1 fully saturated rings. The number of carbonyl (C=O) groups excluding carboxylic acids is 1. The maximum Gasteiger partial charge on any atom is 0.238 e. The van der Waals surface area contributed by atoms with Crippen molar-refractivity contribution >= 4 is 45.7 Å². The normalized spacial score (nSPS) is 17.3. The van der Waals surface area contributed by atoms with E-state index in [2.05, 4.69) is 18.2 Å². The number of rotatable bonds is 3. The van der Waals surface area contributed by atoms with E-state index in [0.29, 0.717) is 10.8 Å². The number of hydrogen-bond donors (Lipinski definition) is 0. The summed E-state index contributed by atoms with van der Waals surface area (Å²) < 4.78 is 5.28. The molecular weight excluding hydrogens is 354 g/mol. The zero-order valence-electron chi connectivity index (χ0n) is 13.6. The summed E-state index contributed by atoms with van der Waals surface area (Å²) in [5, 5.41) is 2.89. The first-order chi connectivity index (χ1) is 12.2. The van der Waals surface area contributed by atoms with Crippen LogP contribution in [0.15, 0.2) is 60.7 Å². The van der Waals surface area contributed by atoms with Crippen molar-refractivity contribution in [3.8, 4) is 5.75 Å². The maximum absolute atomic E-state index is 12.4. The Kier molecular flexibility index (Phi) is 4.32. The summed E-state index contributed by atoms with van der Waals surface area (Å²) in [4.78, 5) is 14.3. The summed E-state index contributed by atoms with van der Waals surface area (Å²) in [7, 11) is 1.67. The Morgan fingerprint density at radius 2 is 1.76 bits per heavy atom. The molecule has 0 bridgehead atoms. The van der Waals surface area contributed by atoms with Crippen molar-refractivity contribution in [3.63, 3.8) is 0 Å². The van der Waals surface area contributed by atoms with Crippen molar-refractivity contribution in [3.05, 3.63) is 71.2 Å². The van der Waals surface area contributed by atoms with Gasteiger partial charge in [-0.1, -0.05) is 29.8 Å². The number of benzene rings is 3. The van der Waals surface area contributed by atoms with Gasteiger partial charge in [-0.15, -0.1) is 11.8 Å². The second-order valence-electron chi connectivity index (χ2n) is 5.88. The molecule has 1 atom stereocenters. The number of ether oxygens (including phenoxy) is 1. The Balaban J connectivity index is 1.73. The molecule has 1 heterocycles. The van der Waals surface area contributed by atoms with Gasteiger partial charge in [0, 0.05) is 10.7 Å². The van der Waals surface area contributed by atoms with Crippen molar-refractivity contribution in [2.75, 3.05) is 17.8 Å². The number of nitrogens with zero attached hydrogens (tertiary/aromatic N) is 1. The number of thioether (sulfide) groups is 1. The van der Waals surface area contributed by atoms with Crippen LogP contribution in [0.3, 0.4) is 0 Å². The molecule has 0 aliphatic carbocycles. The first-order valence-corrected chi connectivity index (χ1v) is 9.35. The molecule has 3 aromatic carbocycles. The molecule has 0 spiro atoms. The third-order valence-corrected chi connectivity index (χ3v) is 5.79. The zero-order valence-corrected chi connectivity index (χ0v) is 15.2. The molecule has 25 heavy (non-hydrogen) atoms. The fourth-order valence-corrected chi connectivity index (χ4v) is 4.37. The van der Waals surface area contributed by atoms with Gasteiger partial charge in [-0.3, -0.25) is 9.69 Å². The van der Waals surface area contributed by atoms with Crippen molar-refractivity contribution < 1.29 is 9.53 Å². The van der Waals surface area contributed by atoms with Gasteiger partial charge in [0.2, 0.25) is 5.91 Å². The van der Waals surface area contributed by atoms with Crippen LogP contribution in [-0.2, 0) is 4.79 Å². The average Bonchev–Trinajstić information content (AvgIpc) is 3.03. The van der Waals surface area contributed by atoms with Crippen LogP contribution in [0.2, 0.25) is 5.02 Å². The maximum atomic E-state index is 12.4. The Bertz CT molecular complexity index is 942. The van der Waals surface area contributed by atoms with Crippen LogP contribution in [-0.4, -0.2) is 18.8 Å². The van der Waals surface area contributed by atoms with Gasteiger partial charge < -0.3 is 4.74 Å². The summed E-state index contributed by atoms with van der Waals surface area (Å²) in [6.07, 6.45) is 0.